The van der Waals surface area contributed by atoms with Crippen LogP contribution in [0.15, 0.2) is 417 Å². The molecule has 0 spiro atoms. The summed E-state index contributed by atoms with van der Waals surface area (Å²) >= 11 is 0. The van der Waals surface area contributed by atoms with Gasteiger partial charge in [-0.3, -0.25) is 14.4 Å². The number of benzene rings is 12. The Labute approximate surface area is 822 Å². The van der Waals surface area contributed by atoms with Crippen LogP contribution in [0.4, 0.5) is 8.78 Å². The minimum absolute atomic E-state index is 0.0146. The lowest BCUT2D eigenvalue weighted by Crippen LogP contribution is -2.49. The van der Waals surface area contributed by atoms with E-state index in [0.717, 1.165) is 57.8 Å². The monoisotopic (exact) mass is 2010 g/mol. The normalized spacial score (nSPS) is 15.7. The molecule has 137 heavy (non-hydrogen) atoms. The molecule has 4 aliphatic carbocycles. The summed E-state index contributed by atoms with van der Waals surface area (Å²) in [5.41, 5.74) is 0.494. The first-order chi connectivity index (χ1) is 65.0. The number of hydrogen-bond acceptors (Lipinski definition) is 17. The Kier molecular flexibility index (Phi) is 44.7. The van der Waals surface area contributed by atoms with Crippen LogP contribution < -0.4 is 0 Å². The van der Waals surface area contributed by atoms with Crippen molar-refractivity contribution >= 4 is 107 Å². The van der Waals surface area contributed by atoms with Gasteiger partial charge in [-0.2, -0.15) is 8.78 Å². The fourth-order valence-corrected chi connectivity index (χ4v) is 26.8. The van der Waals surface area contributed by atoms with Crippen LogP contribution in [0.3, 0.4) is 0 Å². The zero-order chi connectivity index (χ0) is 99.9. The summed E-state index contributed by atoms with van der Waals surface area (Å²) in [7, 11) is -19.2. The van der Waals surface area contributed by atoms with E-state index in [0.29, 0.717) is 30.6 Å². The van der Waals surface area contributed by atoms with Gasteiger partial charge < -0.3 is 22.9 Å². The molecule has 0 radical (unpaired) electrons. The van der Waals surface area contributed by atoms with Crippen LogP contribution in [-0.2, 0) is 113 Å². The first-order valence-electron chi connectivity index (χ1n) is 45.6. The van der Waals surface area contributed by atoms with E-state index in [1.165, 1.54) is 71.2 Å². The standard InChI is InChI=1S/C22H23S.3C18H15S.C13H18F2O5S.C8H16O4S.C7H14O4S.C6H12O4S/c1-22(2,3)18-14-16-21(17-15-18)23(19-10-6-4-7-11-19)20-12-8-5-9-13-20;3*1-4-10-16(11-5-1)19(17-12-6-2-7-13-17)18-14-8-3-9-15-18;14-13(15,21(17,18)19)11(16)20-7-12-4-8-1-9(5-12)3-10(2-8)6-12;1-5-6(13(10,11)12)7(9)8(2,3)4;1-2-3-4-7(8)5-6-12(9,10)11;1-2-3-4-6(7)5-11(8,9)10/h4-17H,1-3H3;3*1-15H;8-10H,1-7H2,(H,17,18,19);6H,5H2,1-4H3,(H,10,11,12);2-6H2,1H3,(H,9,10,11);2-5H2,1H3,(H,8,9,10)/q4*+1;;;;/p-4. The largest absolute Gasteiger partial charge is 0.748 e. The number of ether oxygens (including phenoxy) is 1. The van der Waals surface area contributed by atoms with Gasteiger partial charge in [0.2, 0.25) is 0 Å². The number of esters is 1. The molecule has 0 N–H and O–H groups in total. The third-order valence-corrected chi connectivity index (χ3v) is 34.6. The van der Waals surface area contributed by atoms with Crippen molar-refractivity contribution in [1.29, 1.82) is 0 Å². The van der Waals surface area contributed by atoms with Crippen LogP contribution in [0.25, 0.3) is 0 Å². The maximum absolute atomic E-state index is 13.1. The van der Waals surface area contributed by atoms with Crippen LogP contribution in [0.5, 0.6) is 0 Å². The van der Waals surface area contributed by atoms with Crippen LogP contribution in [0, 0.1) is 28.6 Å². The number of carbonyl (C=O) groups is 4. The predicted octanol–water partition coefficient (Wildman–Crippen LogP) is 24.2. The first kappa shape index (κ1) is 112. The molecule has 1 atom stereocenters. The Balaban J connectivity index is 0.000000194. The van der Waals surface area contributed by atoms with E-state index >= 15 is 0 Å². The highest BCUT2D eigenvalue weighted by molar-refractivity contribution is 7.98. The van der Waals surface area contributed by atoms with Gasteiger partial charge in [-0.25, -0.2) is 38.5 Å². The molecule has 1 unspecified atom stereocenters. The van der Waals surface area contributed by atoms with E-state index in [-0.39, 0.29) is 86.1 Å². The molecule has 4 saturated carbocycles. The number of rotatable bonds is 30. The molecule has 0 aromatic heterocycles. The van der Waals surface area contributed by atoms with Crippen molar-refractivity contribution < 1.29 is 84.6 Å². The lowest BCUT2D eigenvalue weighted by molar-refractivity contribution is -0.172. The molecule has 4 fully saturated rings. The maximum atomic E-state index is 13.1. The molecule has 4 aliphatic rings. The Morgan fingerprint density at radius 1 is 0.358 bits per heavy atom. The molecule has 4 bridgehead atoms. The third-order valence-electron chi connectivity index (χ3n) is 22.3. The molecule has 27 heteroatoms. The number of hydrogen-bond donors (Lipinski definition) is 0. The average molecular weight is 2010 g/mol. The lowest BCUT2D eigenvalue weighted by Gasteiger charge is -2.56. The summed E-state index contributed by atoms with van der Waals surface area (Å²) in [4.78, 5) is 60.5. The van der Waals surface area contributed by atoms with E-state index in [2.05, 4.69) is 383 Å². The highest BCUT2D eigenvalue weighted by atomic mass is 32.2. The SMILES string of the molecule is CC(C)(C)c1ccc([S+](c2ccccc2)c2ccccc2)cc1.CCC(C(=O)C(C)(C)C)S(=O)(=O)[O-].CCCCC(=O)CCS(=O)(=O)[O-].CCCCC(=O)CS(=O)(=O)[O-].O=C(OCC12CC3CC(CC(C3)C1)C2)C(F)(F)S(=O)(=O)[O-].c1ccc([S+](c2ccccc2)c2ccccc2)cc1.c1ccc([S+](c2ccccc2)c2ccccc2)cc1.c1ccc([S+](c2ccccc2)c2ccccc2)cc1. The number of Topliss-reactive ketones (excluding diaryl/α,β-unsaturated/α-hetero) is 3. The van der Waals surface area contributed by atoms with E-state index < -0.39 is 85.4 Å². The molecular weight excluding hydrogens is 1890 g/mol. The Hall–Kier alpha value is -9.98. The van der Waals surface area contributed by atoms with Gasteiger partial charge in [0, 0.05) is 35.8 Å². The van der Waals surface area contributed by atoms with Gasteiger partial charge in [-0.1, -0.05) is 287 Å². The first-order valence-corrected chi connectivity index (χ1v) is 56.5. The van der Waals surface area contributed by atoms with Crippen molar-refractivity contribution in [3.05, 3.63) is 363 Å². The van der Waals surface area contributed by atoms with Gasteiger partial charge in [0.15, 0.2) is 74.6 Å². The number of halogens is 2. The highest BCUT2D eigenvalue weighted by Gasteiger charge is 2.54. The fourth-order valence-electron chi connectivity index (χ4n) is 16.1. The van der Waals surface area contributed by atoms with Crippen molar-refractivity contribution in [2.45, 2.75) is 227 Å². The average Bonchev–Trinajstić information content (AvgIpc) is 0.746. The quantitative estimate of drug-likeness (QED) is 0.0229. The second-order valence-corrected chi connectivity index (χ2v) is 49.4. The van der Waals surface area contributed by atoms with Crippen molar-refractivity contribution in [2.24, 2.45) is 28.6 Å². The summed E-state index contributed by atoms with van der Waals surface area (Å²) in [6, 6.07) is 127. The molecule has 728 valence electrons. The number of ketones is 3. The van der Waals surface area contributed by atoms with Crippen molar-refractivity contribution in [3.63, 3.8) is 0 Å². The molecule has 17 nitrogen and oxygen atoms in total. The molecule has 0 saturated heterocycles. The van der Waals surface area contributed by atoms with Gasteiger partial charge >= 0.3 is 11.2 Å². The molecule has 0 amide bonds. The number of unbranched alkanes of at least 4 members (excludes halogenated alkanes) is 2. The summed E-state index contributed by atoms with van der Waals surface area (Å²) in [5.74, 6) is -3.13. The molecule has 12 aromatic rings. The molecule has 0 aliphatic heterocycles. The minimum Gasteiger partial charge on any atom is -0.748 e. The zero-order valence-corrected chi connectivity index (χ0v) is 85.4. The Bertz CT molecular complexity index is 5470. The van der Waals surface area contributed by atoms with E-state index in [9.17, 15) is 79.8 Å². The molecular formula is C110H124F2O17S8. The Morgan fingerprint density at radius 3 is 0.788 bits per heavy atom. The van der Waals surface area contributed by atoms with Crippen LogP contribution in [-0.4, -0.2) is 104 Å². The molecule has 0 heterocycles. The van der Waals surface area contributed by atoms with Crippen molar-refractivity contribution in [3.8, 4) is 0 Å². The lowest BCUT2D eigenvalue weighted by atomic mass is 9.50. The van der Waals surface area contributed by atoms with Crippen LogP contribution in [0.2, 0.25) is 0 Å². The van der Waals surface area contributed by atoms with Gasteiger partial charge in [-0.05, 0) is 232 Å². The van der Waals surface area contributed by atoms with Crippen molar-refractivity contribution in [2.75, 3.05) is 18.1 Å². The van der Waals surface area contributed by atoms with Gasteiger partial charge in [-0.15, -0.1) is 0 Å². The van der Waals surface area contributed by atoms with E-state index in [1.54, 1.807) is 20.8 Å². The van der Waals surface area contributed by atoms with Crippen LogP contribution >= 0.6 is 0 Å². The summed E-state index contributed by atoms with van der Waals surface area (Å²) in [5, 5.41) is -6.40. The number of alkyl halides is 2. The minimum atomic E-state index is -6.04. The molecule has 12 aromatic carbocycles. The zero-order valence-electron chi connectivity index (χ0n) is 78.9. The summed E-state index contributed by atoms with van der Waals surface area (Å²) in [6.07, 6.45) is 9.57. The van der Waals surface area contributed by atoms with Gasteiger partial charge in [0.05, 0.1) is 66.1 Å². The predicted molar refractivity (Wildman–Crippen MR) is 542 cm³/mol. The Morgan fingerprint density at radius 2 is 0.599 bits per heavy atom. The molecule has 16 rings (SSSR count). The van der Waals surface area contributed by atoms with Gasteiger partial charge in [0.1, 0.15) is 37.1 Å². The van der Waals surface area contributed by atoms with Gasteiger partial charge in [0.25, 0.3) is 0 Å². The van der Waals surface area contributed by atoms with E-state index in [4.69, 9.17) is 0 Å². The highest BCUT2D eigenvalue weighted by Crippen LogP contribution is 2.60. The van der Waals surface area contributed by atoms with E-state index in [1.807, 2.05) is 13.8 Å². The smallest absolute Gasteiger partial charge is 0.428 e. The topological polar surface area (TPSA) is 306 Å². The number of carbonyl (C=O) groups excluding carboxylic acids is 4. The second-order valence-electron chi connectivity index (χ2n) is 35.4. The summed E-state index contributed by atoms with van der Waals surface area (Å²) < 4.78 is 154. The van der Waals surface area contributed by atoms with Crippen LogP contribution in [0.1, 0.15) is 158 Å². The van der Waals surface area contributed by atoms with Crippen molar-refractivity contribution in [1.82, 2.24) is 0 Å². The maximum Gasteiger partial charge on any atom is 0.428 e. The fraction of sp³-hybridized carbons (Fsp3) is 0.309. The second kappa shape index (κ2) is 54.6. The summed E-state index contributed by atoms with van der Waals surface area (Å²) in [6.45, 7) is 16.7. The third kappa shape index (κ3) is 37.6.